The van der Waals surface area contributed by atoms with Gasteiger partial charge in [-0.15, -0.1) is 0 Å². The molecular weight excluding hydrogens is 354 g/mol. The van der Waals surface area contributed by atoms with Crippen LogP contribution in [0, 0.1) is 5.92 Å². The van der Waals surface area contributed by atoms with Crippen molar-refractivity contribution in [3.8, 4) is 0 Å². The smallest absolute Gasteiger partial charge is 0.191 e. The number of hydrogen-bond acceptors (Lipinski definition) is 5. The van der Waals surface area contributed by atoms with Gasteiger partial charge in [-0.3, -0.25) is 4.99 Å². The first kappa shape index (κ1) is 21.0. The van der Waals surface area contributed by atoms with Gasteiger partial charge in [-0.25, -0.2) is 9.67 Å². The molecule has 1 saturated carbocycles. The average Bonchev–Trinajstić information content (AvgIpc) is 3.07. The van der Waals surface area contributed by atoms with Crippen molar-refractivity contribution in [3.05, 3.63) is 11.6 Å². The highest BCUT2D eigenvalue weighted by molar-refractivity contribution is 5.80. The molecule has 1 aromatic rings. The summed E-state index contributed by atoms with van der Waals surface area (Å²) in [4.78, 5) is 11.4. The maximum atomic E-state index is 5.15. The van der Waals surface area contributed by atoms with Gasteiger partial charge in [0.25, 0.3) is 0 Å². The fraction of sp³-hybridized carbons (Fsp3) is 0.850. The average molecular weight is 392 g/mol. The fourth-order valence-corrected chi connectivity index (χ4v) is 4.66. The summed E-state index contributed by atoms with van der Waals surface area (Å²) >= 11 is 0. The van der Waals surface area contributed by atoms with E-state index in [0.717, 1.165) is 49.5 Å². The molecule has 0 radical (unpaired) electrons. The zero-order chi connectivity index (χ0) is 20.1. The van der Waals surface area contributed by atoms with E-state index in [4.69, 9.17) is 4.74 Å². The summed E-state index contributed by atoms with van der Waals surface area (Å²) in [5.41, 5.74) is 0.204. The van der Waals surface area contributed by atoms with Gasteiger partial charge in [0.1, 0.15) is 12.4 Å². The number of hydrogen-bond donors (Lipinski definition) is 2. The third-order valence-electron chi connectivity index (χ3n) is 6.34. The van der Waals surface area contributed by atoms with Crippen molar-refractivity contribution in [3.63, 3.8) is 0 Å². The molecule has 1 aliphatic carbocycles. The van der Waals surface area contributed by atoms with Crippen LogP contribution in [-0.4, -0.2) is 72.0 Å². The van der Waals surface area contributed by atoms with Gasteiger partial charge in [0, 0.05) is 38.7 Å². The van der Waals surface area contributed by atoms with Gasteiger partial charge in [-0.05, 0) is 39.3 Å². The number of aliphatic imine (C=N–C) groups is 1. The molecule has 2 heterocycles. The van der Waals surface area contributed by atoms with Crippen LogP contribution in [0.15, 0.2) is 4.99 Å². The van der Waals surface area contributed by atoms with Gasteiger partial charge in [-0.1, -0.05) is 19.8 Å². The number of ether oxygens (including phenoxy) is 1. The Labute approximate surface area is 169 Å². The lowest BCUT2D eigenvalue weighted by molar-refractivity contribution is 0.0795. The van der Waals surface area contributed by atoms with Crippen molar-refractivity contribution in [2.24, 2.45) is 10.9 Å². The van der Waals surface area contributed by atoms with E-state index in [1.807, 2.05) is 11.7 Å². The monoisotopic (exact) mass is 391 g/mol. The standard InChI is InChI=1S/C20H37N7O/c1-15-7-6-10-20(11-15,26(3)4)14-22-19(21-2)23-16-8-9-18-24-17(13-28-5)25-27(18)12-16/h15-16H,6-14H2,1-5H3,(H2,21,22,23). The normalized spacial score (nSPS) is 28.3. The van der Waals surface area contributed by atoms with Crippen molar-refractivity contribution < 1.29 is 4.74 Å². The summed E-state index contributed by atoms with van der Waals surface area (Å²) < 4.78 is 7.16. The lowest BCUT2D eigenvalue weighted by Gasteiger charge is -2.45. The molecule has 158 valence electrons. The number of guanidine groups is 1. The number of nitrogens with zero attached hydrogens (tertiary/aromatic N) is 5. The molecule has 8 heteroatoms. The van der Waals surface area contributed by atoms with E-state index in [2.05, 4.69) is 51.6 Å². The van der Waals surface area contributed by atoms with Crippen LogP contribution in [0.3, 0.4) is 0 Å². The van der Waals surface area contributed by atoms with E-state index >= 15 is 0 Å². The van der Waals surface area contributed by atoms with Crippen molar-refractivity contribution in [1.29, 1.82) is 0 Å². The van der Waals surface area contributed by atoms with Gasteiger partial charge in [0.15, 0.2) is 11.8 Å². The number of likely N-dealkylation sites (N-methyl/N-ethyl adjacent to an activating group) is 1. The van der Waals surface area contributed by atoms with Crippen LogP contribution in [0.25, 0.3) is 0 Å². The highest BCUT2D eigenvalue weighted by Gasteiger charge is 2.37. The highest BCUT2D eigenvalue weighted by Crippen LogP contribution is 2.35. The minimum Gasteiger partial charge on any atom is -0.377 e. The Morgan fingerprint density at radius 2 is 2.21 bits per heavy atom. The molecule has 0 bridgehead atoms. The van der Waals surface area contributed by atoms with Crippen LogP contribution in [0.4, 0.5) is 0 Å². The fourth-order valence-electron chi connectivity index (χ4n) is 4.66. The molecule has 0 amide bonds. The van der Waals surface area contributed by atoms with Gasteiger partial charge in [-0.2, -0.15) is 5.10 Å². The van der Waals surface area contributed by atoms with Crippen molar-refractivity contribution in [2.45, 2.75) is 70.2 Å². The number of aryl methyl sites for hydroxylation is 1. The third kappa shape index (κ3) is 4.84. The summed E-state index contributed by atoms with van der Waals surface area (Å²) in [6, 6.07) is 0.302. The van der Waals surface area contributed by atoms with Crippen LogP contribution < -0.4 is 10.6 Å². The number of methoxy groups -OCH3 is 1. The Morgan fingerprint density at radius 1 is 1.39 bits per heavy atom. The molecule has 2 N–H and O–H groups in total. The number of aromatic nitrogens is 3. The summed E-state index contributed by atoms with van der Waals surface area (Å²) in [6.45, 7) is 4.57. The van der Waals surface area contributed by atoms with E-state index in [1.165, 1.54) is 25.7 Å². The Balaban J connectivity index is 1.57. The van der Waals surface area contributed by atoms with Crippen molar-refractivity contribution >= 4 is 5.96 Å². The Morgan fingerprint density at radius 3 is 2.89 bits per heavy atom. The molecule has 8 nitrogen and oxygen atoms in total. The zero-order valence-electron chi connectivity index (χ0n) is 18.2. The third-order valence-corrected chi connectivity index (χ3v) is 6.34. The topological polar surface area (TPSA) is 79.6 Å². The zero-order valence-corrected chi connectivity index (χ0v) is 18.2. The summed E-state index contributed by atoms with van der Waals surface area (Å²) in [5, 5.41) is 11.8. The second-order valence-corrected chi connectivity index (χ2v) is 8.69. The SMILES string of the molecule is CN=C(NCC1(N(C)C)CCCC(C)C1)NC1CCc2nc(COC)nn2C1. The number of nitrogens with one attached hydrogen (secondary N) is 2. The van der Waals surface area contributed by atoms with Crippen LogP contribution in [-0.2, 0) is 24.3 Å². The minimum atomic E-state index is 0.204. The van der Waals surface area contributed by atoms with Gasteiger partial charge >= 0.3 is 0 Å². The molecule has 3 atom stereocenters. The molecule has 0 spiro atoms. The van der Waals surface area contributed by atoms with E-state index in [9.17, 15) is 0 Å². The molecule has 28 heavy (non-hydrogen) atoms. The minimum absolute atomic E-state index is 0.204. The predicted octanol–water partition coefficient (Wildman–Crippen LogP) is 1.41. The summed E-state index contributed by atoms with van der Waals surface area (Å²) in [7, 11) is 7.94. The van der Waals surface area contributed by atoms with E-state index in [1.54, 1.807) is 7.11 Å². The quantitative estimate of drug-likeness (QED) is 0.564. The van der Waals surface area contributed by atoms with Crippen molar-refractivity contribution in [2.75, 3.05) is 34.8 Å². The first-order valence-electron chi connectivity index (χ1n) is 10.5. The van der Waals surface area contributed by atoms with Crippen LogP contribution in [0.1, 0.15) is 50.7 Å². The molecule has 2 aliphatic rings. The van der Waals surface area contributed by atoms with E-state index in [-0.39, 0.29) is 5.54 Å². The maximum Gasteiger partial charge on any atom is 0.191 e. The van der Waals surface area contributed by atoms with Crippen LogP contribution >= 0.6 is 0 Å². The molecule has 1 aliphatic heterocycles. The second-order valence-electron chi connectivity index (χ2n) is 8.69. The van der Waals surface area contributed by atoms with Crippen LogP contribution in [0.5, 0.6) is 0 Å². The molecule has 0 saturated heterocycles. The van der Waals surface area contributed by atoms with Gasteiger partial charge in [0.2, 0.25) is 0 Å². The molecule has 1 fully saturated rings. The lowest BCUT2D eigenvalue weighted by Crippen LogP contribution is -2.57. The van der Waals surface area contributed by atoms with Gasteiger partial charge in [0.05, 0.1) is 6.54 Å². The Bertz CT molecular complexity index is 672. The first-order chi connectivity index (χ1) is 13.5. The second kappa shape index (κ2) is 9.22. The van der Waals surface area contributed by atoms with E-state index in [0.29, 0.717) is 12.6 Å². The molecule has 1 aromatic heterocycles. The summed E-state index contributed by atoms with van der Waals surface area (Å²) in [5.74, 6) is 3.47. The Kier molecular flexibility index (Phi) is 6.93. The molecule has 3 unspecified atom stereocenters. The molecular formula is C20H37N7O. The summed E-state index contributed by atoms with van der Waals surface area (Å²) in [6.07, 6.45) is 7.07. The number of fused-ring (bicyclic) bond motifs is 1. The number of rotatable bonds is 6. The first-order valence-corrected chi connectivity index (χ1v) is 10.5. The van der Waals surface area contributed by atoms with Crippen molar-refractivity contribution in [1.82, 2.24) is 30.3 Å². The predicted molar refractivity (Wildman–Crippen MR) is 111 cm³/mol. The highest BCUT2D eigenvalue weighted by atomic mass is 16.5. The molecule has 3 rings (SSSR count). The lowest BCUT2D eigenvalue weighted by atomic mass is 9.75. The largest absolute Gasteiger partial charge is 0.377 e. The van der Waals surface area contributed by atoms with E-state index < -0.39 is 0 Å². The molecule has 0 aromatic carbocycles. The van der Waals surface area contributed by atoms with Crippen LogP contribution in [0.2, 0.25) is 0 Å². The maximum absolute atomic E-state index is 5.15. The Hall–Kier alpha value is -1.67. The van der Waals surface area contributed by atoms with Gasteiger partial charge < -0.3 is 20.3 Å².